The summed E-state index contributed by atoms with van der Waals surface area (Å²) in [4.78, 5) is 32.0. The molecule has 2 atom stereocenters. The minimum absolute atomic E-state index is 0.00103. The normalized spacial score (nSPS) is 21.1. The standard InChI is InChI=1S/C33H32Cl2N4O5/c1-2-42-32(40)20-12-19-13-21(8-11-28(19)36-16-20)37-33(41)39-22-9-10-23(39)15-24(14-22)43-17-25-30(38-44-31(25)18-6-7-18)29-26(34)4-3-5-27(29)35/h3-5,8,11-13,16,18,22-24H,2,6-7,9-10,14-15,17H2,1H3,(H,37,41). The molecule has 2 amide bonds. The van der Waals surface area contributed by atoms with Crippen LogP contribution in [0.5, 0.6) is 0 Å². The molecular formula is C33H32Cl2N4O5. The van der Waals surface area contributed by atoms with Gasteiger partial charge in [-0.2, -0.15) is 0 Å². The van der Waals surface area contributed by atoms with E-state index in [2.05, 4.69) is 15.5 Å². The van der Waals surface area contributed by atoms with Crippen LogP contribution < -0.4 is 5.32 Å². The van der Waals surface area contributed by atoms with Crippen LogP contribution in [-0.2, 0) is 16.1 Å². The van der Waals surface area contributed by atoms with Crippen molar-refractivity contribution in [2.75, 3.05) is 11.9 Å². The third-order valence-electron chi connectivity index (χ3n) is 8.80. The highest BCUT2D eigenvalue weighted by molar-refractivity contribution is 6.39. The molecule has 0 spiro atoms. The number of esters is 1. The molecule has 9 nitrogen and oxygen atoms in total. The number of nitrogens with one attached hydrogen (secondary N) is 1. The summed E-state index contributed by atoms with van der Waals surface area (Å²) < 4.78 is 17.4. The van der Waals surface area contributed by atoms with Crippen LogP contribution in [0.25, 0.3) is 22.2 Å². The maximum absolute atomic E-state index is 13.5. The second-order valence-electron chi connectivity index (χ2n) is 11.7. The van der Waals surface area contributed by atoms with Crippen LogP contribution in [0.15, 0.2) is 53.2 Å². The van der Waals surface area contributed by atoms with Gasteiger partial charge in [0.2, 0.25) is 0 Å². The van der Waals surface area contributed by atoms with Gasteiger partial charge in [0, 0.05) is 46.4 Å². The van der Waals surface area contributed by atoms with E-state index in [1.54, 1.807) is 25.1 Å². The van der Waals surface area contributed by atoms with Crippen molar-refractivity contribution in [1.82, 2.24) is 15.0 Å². The van der Waals surface area contributed by atoms with Gasteiger partial charge >= 0.3 is 12.0 Å². The number of halogens is 2. The van der Waals surface area contributed by atoms with Crippen molar-refractivity contribution < 1.29 is 23.6 Å². The SMILES string of the molecule is CCOC(=O)c1cnc2ccc(NC(=O)N3C4CCC3CC(OCc3c(-c5c(Cl)cccc5Cl)noc3C3CC3)C4)cc2c1. The van der Waals surface area contributed by atoms with E-state index in [1.165, 1.54) is 6.20 Å². The molecule has 0 radical (unpaired) electrons. The number of carbonyl (C=O) groups is 2. The van der Waals surface area contributed by atoms with Crippen molar-refractivity contribution in [3.63, 3.8) is 0 Å². The zero-order valence-corrected chi connectivity index (χ0v) is 25.7. The first-order valence-corrected chi connectivity index (χ1v) is 15.9. The third-order valence-corrected chi connectivity index (χ3v) is 9.43. The second-order valence-corrected chi connectivity index (χ2v) is 12.5. The van der Waals surface area contributed by atoms with Crippen molar-refractivity contribution in [2.45, 2.75) is 76.2 Å². The van der Waals surface area contributed by atoms with Crippen LogP contribution in [-0.4, -0.2) is 51.8 Å². The molecule has 3 fully saturated rings. The number of rotatable bonds is 8. The van der Waals surface area contributed by atoms with Gasteiger partial charge in [-0.1, -0.05) is 34.4 Å². The predicted octanol–water partition coefficient (Wildman–Crippen LogP) is 7.99. The van der Waals surface area contributed by atoms with Crippen LogP contribution >= 0.6 is 23.2 Å². The fourth-order valence-electron chi connectivity index (χ4n) is 6.57. The molecule has 2 unspecified atom stereocenters. The Labute approximate surface area is 264 Å². The number of anilines is 1. The number of hydrogen-bond donors (Lipinski definition) is 1. The molecule has 1 N–H and O–H groups in total. The molecule has 2 saturated heterocycles. The Bertz CT molecular complexity index is 1700. The lowest BCUT2D eigenvalue weighted by Crippen LogP contribution is -2.50. The topological polar surface area (TPSA) is 107 Å². The van der Waals surface area contributed by atoms with E-state index in [4.69, 9.17) is 37.2 Å². The first-order valence-electron chi connectivity index (χ1n) is 15.1. The molecule has 3 aliphatic rings. The Balaban J connectivity index is 1.03. The molecule has 1 saturated carbocycles. The van der Waals surface area contributed by atoms with E-state index in [9.17, 15) is 9.59 Å². The fraction of sp³-hybridized carbons (Fsp3) is 0.394. The zero-order valence-electron chi connectivity index (χ0n) is 24.2. The van der Waals surface area contributed by atoms with E-state index < -0.39 is 5.97 Å². The average Bonchev–Trinajstić information content (AvgIpc) is 3.71. The summed E-state index contributed by atoms with van der Waals surface area (Å²) >= 11 is 13.1. The van der Waals surface area contributed by atoms with Crippen LogP contribution in [0, 0.1) is 0 Å². The van der Waals surface area contributed by atoms with Crippen molar-refractivity contribution in [3.8, 4) is 11.3 Å². The van der Waals surface area contributed by atoms with Crippen molar-refractivity contribution in [2.24, 2.45) is 0 Å². The van der Waals surface area contributed by atoms with Crippen molar-refractivity contribution in [3.05, 3.63) is 75.6 Å². The maximum Gasteiger partial charge on any atom is 0.339 e. The lowest BCUT2D eigenvalue weighted by atomic mass is 9.99. The van der Waals surface area contributed by atoms with Crippen LogP contribution in [0.2, 0.25) is 10.0 Å². The number of aromatic nitrogens is 2. The van der Waals surface area contributed by atoms with Gasteiger partial charge in [-0.05, 0) is 81.8 Å². The number of amides is 2. The summed E-state index contributed by atoms with van der Waals surface area (Å²) in [6.45, 7) is 2.40. The molecule has 2 aromatic heterocycles. The van der Waals surface area contributed by atoms with Crippen molar-refractivity contribution >= 4 is 51.8 Å². The summed E-state index contributed by atoms with van der Waals surface area (Å²) in [6, 6.07) is 12.7. The average molecular weight is 636 g/mol. The summed E-state index contributed by atoms with van der Waals surface area (Å²) in [6.07, 6.45) is 7.01. The molecule has 4 heterocycles. The first kappa shape index (κ1) is 29.1. The van der Waals surface area contributed by atoms with Crippen LogP contribution in [0.4, 0.5) is 10.5 Å². The molecule has 11 heteroatoms. The van der Waals surface area contributed by atoms with Gasteiger partial charge in [0.15, 0.2) is 0 Å². The van der Waals surface area contributed by atoms with E-state index in [0.29, 0.717) is 45.1 Å². The highest BCUT2D eigenvalue weighted by Crippen LogP contribution is 2.46. The Hall–Kier alpha value is -3.66. The first-order chi connectivity index (χ1) is 21.4. The molecule has 228 valence electrons. The number of benzene rings is 2. The Kier molecular flexibility index (Phi) is 7.95. The number of fused-ring (bicyclic) bond motifs is 3. The van der Waals surface area contributed by atoms with Gasteiger partial charge < -0.3 is 24.2 Å². The fourth-order valence-corrected chi connectivity index (χ4v) is 7.14. The predicted molar refractivity (Wildman–Crippen MR) is 167 cm³/mol. The van der Waals surface area contributed by atoms with E-state index in [1.807, 2.05) is 29.2 Å². The highest BCUT2D eigenvalue weighted by atomic mass is 35.5. The molecule has 7 rings (SSSR count). The van der Waals surface area contributed by atoms with Gasteiger partial charge in [-0.15, -0.1) is 0 Å². The Morgan fingerprint density at radius 2 is 1.80 bits per heavy atom. The van der Waals surface area contributed by atoms with E-state index in [0.717, 1.165) is 60.8 Å². The lowest BCUT2D eigenvalue weighted by Gasteiger charge is -2.38. The minimum Gasteiger partial charge on any atom is -0.462 e. The number of hydrogen-bond acceptors (Lipinski definition) is 7. The number of carbonyl (C=O) groups excluding carboxylic acids is 2. The number of ether oxygens (including phenoxy) is 2. The molecule has 4 aromatic rings. The third kappa shape index (κ3) is 5.64. The molecule has 2 aromatic carbocycles. The molecule has 44 heavy (non-hydrogen) atoms. The summed E-state index contributed by atoms with van der Waals surface area (Å²) in [7, 11) is 0. The summed E-state index contributed by atoms with van der Waals surface area (Å²) in [5.41, 5.74) is 3.97. The Morgan fingerprint density at radius 1 is 1.05 bits per heavy atom. The molecule has 2 bridgehead atoms. The van der Waals surface area contributed by atoms with Gasteiger partial charge in [0.1, 0.15) is 11.5 Å². The van der Waals surface area contributed by atoms with Crippen LogP contribution in [0.3, 0.4) is 0 Å². The van der Waals surface area contributed by atoms with Crippen LogP contribution in [0.1, 0.15) is 73.0 Å². The number of piperidine rings is 1. The number of urea groups is 1. The Morgan fingerprint density at radius 3 is 2.50 bits per heavy atom. The summed E-state index contributed by atoms with van der Waals surface area (Å²) in [5.74, 6) is 0.783. The highest BCUT2D eigenvalue weighted by Gasteiger charge is 2.44. The largest absolute Gasteiger partial charge is 0.462 e. The number of pyridine rings is 1. The van der Waals surface area contributed by atoms with Gasteiger partial charge in [-0.25, -0.2) is 9.59 Å². The molecular weight excluding hydrogens is 603 g/mol. The molecule has 2 aliphatic heterocycles. The zero-order chi connectivity index (χ0) is 30.4. The minimum atomic E-state index is -0.422. The quantitative estimate of drug-likeness (QED) is 0.196. The van der Waals surface area contributed by atoms with E-state index in [-0.39, 0.29) is 30.8 Å². The van der Waals surface area contributed by atoms with E-state index >= 15 is 0 Å². The monoisotopic (exact) mass is 634 g/mol. The summed E-state index contributed by atoms with van der Waals surface area (Å²) in [5, 5.41) is 9.24. The smallest absolute Gasteiger partial charge is 0.339 e. The van der Waals surface area contributed by atoms with Gasteiger partial charge in [0.05, 0.1) is 40.4 Å². The molecule has 1 aliphatic carbocycles. The van der Waals surface area contributed by atoms with Crippen molar-refractivity contribution in [1.29, 1.82) is 0 Å². The second kappa shape index (κ2) is 12.0. The van der Waals surface area contributed by atoms with Gasteiger partial charge in [-0.3, -0.25) is 4.98 Å². The van der Waals surface area contributed by atoms with Gasteiger partial charge in [0.25, 0.3) is 0 Å². The maximum atomic E-state index is 13.5. The number of nitrogens with zero attached hydrogens (tertiary/aromatic N) is 3. The lowest BCUT2D eigenvalue weighted by molar-refractivity contribution is -0.0158.